The summed E-state index contributed by atoms with van der Waals surface area (Å²) in [6, 6.07) is 9.24. The Morgan fingerprint density at radius 1 is 0.390 bits per heavy atom. The molecule has 221 valence electrons. The number of nitrogens with zero attached hydrogens (tertiary/aromatic N) is 2. The van der Waals surface area contributed by atoms with Crippen LogP contribution in [0.4, 0.5) is 0 Å². The van der Waals surface area contributed by atoms with Crippen LogP contribution in [0.2, 0.25) is 0 Å². The van der Waals surface area contributed by atoms with Gasteiger partial charge in [-0.15, -0.1) is 0 Å². The van der Waals surface area contributed by atoms with E-state index in [1.165, 1.54) is 66.6 Å². The molecule has 5 heterocycles. The van der Waals surface area contributed by atoms with Crippen LogP contribution in [0.1, 0.15) is 126 Å². The molecular weight excluding hydrogens is 552 g/mol. The normalized spacial score (nSPS) is 13.3. The van der Waals surface area contributed by atoms with Gasteiger partial charge in [-0.2, -0.15) is 0 Å². The van der Waals surface area contributed by atoms with Crippen molar-refractivity contribution >= 4 is 44.4 Å². The van der Waals surface area contributed by atoms with E-state index in [1.54, 1.807) is 0 Å². The Balaban J connectivity index is 0.00000387. The van der Waals surface area contributed by atoms with Crippen molar-refractivity contribution in [2.24, 2.45) is 0 Å². The molecule has 0 saturated heterocycles. The largest absolute Gasteiger partial charge is 0.355 e. The molecule has 0 saturated carbocycles. The summed E-state index contributed by atoms with van der Waals surface area (Å²) in [5.41, 5.74) is 20.2. The van der Waals surface area contributed by atoms with E-state index in [9.17, 15) is 0 Å². The molecule has 0 amide bonds. The summed E-state index contributed by atoms with van der Waals surface area (Å²) in [5.74, 6) is 0. The van der Waals surface area contributed by atoms with E-state index < -0.39 is 0 Å². The summed E-state index contributed by atoms with van der Waals surface area (Å²) in [7, 11) is 0. The molecular formula is C36H46CuN4. The third-order valence-electron chi connectivity index (χ3n) is 8.97. The maximum atomic E-state index is 5.29. The zero-order chi connectivity index (χ0) is 28.6. The Bertz CT molecular complexity index is 1440. The minimum Gasteiger partial charge on any atom is -0.355 e. The van der Waals surface area contributed by atoms with E-state index in [1.807, 2.05) is 0 Å². The Morgan fingerprint density at radius 3 is 0.780 bits per heavy atom. The third kappa shape index (κ3) is 5.28. The van der Waals surface area contributed by atoms with Gasteiger partial charge in [-0.25, -0.2) is 9.97 Å². The van der Waals surface area contributed by atoms with Crippen LogP contribution in [0.3, 0.4) is 0 Å². The number of aromatic amines is 2. The van der Waals surface area contributed by atoms with Gasteiger partial charge in [0.1, 0.15) is 0 Å². The average Bonchev–Trinajstić information content (AvgIpc) is 3.67. The summed E-state index contributed by atoms with van der Waals surface area (Å²) in [6.07, 6.45) is 7.84. The van der Waals surface area contributed by atoms with Crippen LogP contribution in [0, 0.1) is 0 Å². The van der Waals surface area contributed by atoms with Crippen molar-refractivity contribution < 1.29 is 17.1 Å². The first-order valence-corrected chi connectivity index (χ1v) is 15.7. The molecule has 5 heteroatoms. The van der Waals surface area contributed by atoms with E-state index in [4.69, 9.17) is 9.97 Å². The number of H-pyrrole nitrogens is 2. The molecule has 41 heavy (non-hydrogen) atoms. The van der Waals surface area contributed by atoms with Crippen LogP contribution in [0.5, 0.6) is 0 Å². The number of hydrogen-bond donors (Lipinski definition) is 2. The molecule has 8 bridgehead atoms. The second kappa shape index (κ2) is 13.0. The minimum absolute atomic E-state index is 0. The first-order valence-electron chi connectivity index (χ1n) is 15.7. The number of hydrogen-bond acceptors (Lipinski definition) is 2. The van der Waals surface area contributed by atoms with E-state index in [-0.39, 0.29) is 17.1 Å². The van der Waals surface area contributed by atoms with Gasteiger partial charge < -0.3 is 9.97 Å². The second-order valence-electron chi connectivity index (χ2n) is 10.9. The summed E-state index contributed by atoms with van der Waals surface area (Å²) < 4.78 is 0. The van der Waals surface area contributed by atoms with E-state index in [0.29, 0.717) is 0 Å². The maximum absolute atomic E-state index is 5.29. The van der Waals surface area contributed by atoms with Gasteiger partial charge in [0.15, 0.2) is 0 Å². The molecule has 5 rings (SSSR count). The fourth-order valence-corrected chi connectivity index (χ4v) is 7.10. The molecule has 2 N–H and O–H groups in total. The van der Waals surface area contributed by atoms with Gasteiger partial charge in [-0.1, -0.05) is 55.4 Å². The SMILES string of the molecule is CCC1=C(CC)c2cc3[nH]c(cc4nc(cc5[nH]c(cc1n2)c(CC)c5CC)C(CC)=C4CC)c(CC)c3CC.[Cu]. The molecule has 2 aliphatic heterocycles. The molecule has 0 aromatic carbocycles. The van der Waals surface area contributed by atoms with E-state index in [0.717, 1.165) is 74.1 Å². The molecule has 4 nitrogen and oxygen atoms in total. The number of nitrogens with one attached hydrogen (secondary N) is 2. The summed E-state index contributed by atoms with van der Waals surface area (Å²) in [6.45, 7) is 18.1. The van der Waals surface area contributed by atoms with Crippen LogP contribution in [0.15, 0.2) is 24.3 Å². The Labute approximate surface area is 256 Å². The smallest absolute Gasteiger partial charge is 0.0693 e. The molecule has 0 unspecified atom stereocenters. The van der Waals surface area contributed by atoms with Crippen LogP contribution < -0.4 is 0 Å². The van der Waals surface area contributed by atoms with Crippen molar-refractivity contribution in [3.05, 3.63) is 69.3 Å². The van der Waals surface area contributed by atoms with Gasteiger partial charge >= 0.3 is 0 Å². The first-order chi connectivity index (χ1) is 19.5. The molecule has 0 spiro atoms. The van der Waals surface area contributed by atoms with Crippen molar-refractivity contribution in [3.63, 3.8) is 0 Å². The van der Waals surface area contributed by atoms with Crippen molar-refractivity contribution in [3.8, 4) is 0 Å². The van der Waals surface area contributed by atoms with Crippen molar-refractivity contribution in [1.82, 2.24) is 19.9 Å². The summed E-state index contributed by atoms with van der Waals surface area (Å²) >= 11 is 0. The quantitative estimate of drug-likeness (QED) is 0.254. The van der Waals surface area contributed by atoms with Crippen LogP contribution >= 0.6 is 0 Å². The van der Waals surface area contributed by atoms with Gasteiger partial charge in [0, 0.05) is 39.1 Å². The maximum Gasteiger partial charge on any atom is 0.0693 e. The predicted octanol–water partition coefficient (Wildman–Crippen LogP) is 10.0. The van der Waals surface area contributed by atoms with Crippen molar-refractivity contribution in [2.75, 3.05) is 0 Å². The second-order valence-corrected chi connectivity index (χ2v) is 10.9. The number of rotatable bonds is 8. The minimum atomic E-state index is 0. The first kappa shape index (κ1) is 31.1. The zero-order valence-electron chi connectivity index (χ0n) is 26.2. The number of allylic oxidation sites excluding steroid dienone is 4. The molecule has 1 radical (unpaired) electrons. The van der Waals surface area contributed by atoms with Gasteiger partial charge in [0.05, 0.1) is 22.8 Å². The number of fused-ring (bicyclic) bond motifs is 8. The molecule has 3 aromatic heterocycles. The van der Waals surface area contributed by atoms with Crippen molar-refractivity contribution in [2.45, 2.75) is 107 Å². The van der Waals surface area contributed by atoms with Gasteiger partial charge in [-0.3, -0.25) is 0 Å². The van der Waals surface area contributed by atoms with E-state index in [2.05, 4.69) is 89.6 Å². The third-order valence-corrected chi connectivity index (χ3v) is 8.97. The average molecular weight is 598 g/mol. The number of aryl methyl sites for hydroxylation is 4. The molecule has 0 fully saturated rings. The topological polar surface area (TPSA) is 57.4 Å². The van der Waals surface area contributed by atoms with Crippen LogP contribution in [-0.2, 0) is 42.8 Å². The van der Waals surface area contributed by atoms with Gasteiger partial charge in [0.2, 0.25) is 0 Å². The Morgan fingerprint density at radius 2 is 0.610 bits per heavy atom. The summed E-state index contributed by atoms with van der Waals surface area (Å²) in [4.78, 5) is 18.2. The standard InChI is InChI=1S/C36H46N4.Cu/c1-9-21-22(10-2)30-18-32-25(13-5)26(14-6)34(39-32)20-36-28(16-8)27(15-7)35(40-36)19-33-24(12-4)23(11-3)31(38-33)17-29(21)37-30;/h17-20,37,40H,9-16H2,1-8H3;. The number of aromatic nitrogens is 4. The predicted molar refractivity (Wildman–Crippen MR) is 173 cm³/mol. The van der Waals surface area contributed by atoms with Crippen LogP contribution in [-0.4, -0.2) is 19.9 Å². The Kier molecular flexibility index (Phi) is 9.82. The molecule has 0 atom stereocenters. The molecule has 0 aliphatic carbocycles. The van der Waals surface area contributed by atoms with E-state index >= 15 is 0 Å². The summed E-state index contributed by atoms with van der Waals surface area (Å²) in [5, 5.41) is 0. The van der Waals surface area contributed by atoms with Gasteiger partial charge in [0.25, 0.3) is 0 Å². The monoisotopic (exact) mass is 597 g/mol. The molecule has 2 aliphatic rings. The van der Waals surface area contributed by atoms with Crippen LogP contribution in [0.25, 0.3) is 44.4 Å². The fraction of sp³-hybridized carbons (Fsp3) is 0.444. The van der Waals surface area contributed by atoms with Crippen molar-refractivity contribution in [1.29, 1.82) is 0 Å². The zero-order valence-corrected chi connectivity index (χ0v) is 27.1. The van der Waals surface area contributed by atoms with Gasteiger partial charge in [-0.05, 0) is 120 Å². The fourth-order valence-electron chi connectivity index (χ4n) is 7.10. The Hall–Kier alpha value is -2.88. The molecule has 3 aromatic rings.